The number of rotatable bonds is 5. The van der Waals surface area contributed by atoms with Crippen LogP contribution < -0.4 is 5.32 Å². The van der Waals surface area contributed by atoms with Gasteiger partial charge in [-0.15, -0.1) is 0 Å². The van der Waals surface area contributed by atoms with Crippen LogP contribution in [0, 0.1) is 11.8 Å². The van der Waals surface area contributed by atoms with Crippen LogP contribution >= 0.6 is 0 Å². The highest BCUT2D eigenvalue weighted by Crippen LogP contribution is 2.34. The second kappa shape index (κ2) is 7.68. The van der Waals surface area contributed by atoms with Gasteiger partial charge in [-0.05, 0) is 31.2 Å². The first-order valence-electron chi connectivity index (χ1n) is 7.91. The molecule has 1 aromatic rings. The quantitative estimate of drug-likeness (QED) is 0.862. The van der Waals surface area contributed by atoms with Gasteiger partial charge in [-0.25, -0.2) is 0 Å². The van der Waals surface area contributed by atoms with Crippen molar-refractivity contribution in [1.29, 1.82) is 0 Å². The molecule has 0 bridgehead atoms. The van der Waals surface area contributed by atoms with Crippen LogP contribution in [0.4, 0.5) is 13.2 Å². The number of nitrogens with one attached hydrogen (secondary N) is 1. The number of carbonyl (C=O) groups is 2. The van der Waals surface area contributed by atoms with Crippen molar-refractivity contribution in [3.8, 4) is 0 Å². The molecule has 4 nitrogen and oxygen atoms in total. The van der Waals surface area contributed by atoms with E-state index >= 15 is 0 Å². The Morgan fingerprint density at radius 1 is 1.08 bits per heavy atom. The topological polar surface area (TPSA) is 66.4 Å². The van der Waals surface area contributed by atoms with E-state index in [-0.39, 0.29) is 5.56 Å². The summed E-state index contributed by atoms with van der Waals surface area (Å²) in [4.78, 5) is 23.0. The lowest BCUT2D eigenvalue weighted by Crippen LogP contribution is -2.39. The zero-order valence-corrected chi connectivity index (χ0v) is 13.1. The number of aliphatic carboxylic acids is 1. The molecule has 1 atom stereocenters. The lowest BCUT2D eigenvalue weighted by molar-refractivity contribution is -0.151. The van der Waals surface area contributed by atoms with Crippen LogP contribution in [0.15, 0.2) is 30.3 Å². The molecule has 24 heavy (non-hydrogen) atoms. The van der Waals surface area contributed by atoms with Crippen LogP contribution in [0.1, 0.15) is 37.2 Å². The van der Waals surface area contributed by atoms with Gasteiger partial charge in [0.25, 0.3) is 0 Å². The van der Waals surface area contributed by atoms with Gasteiger partial charge in [-0.1, -0.05) is 30.3 Å². The van der Waals surface area contributed by atoms with E-state index in [9.17, 15) is 22.8 Å². The number of hydrogen-bond acceptors (Lipinski definition) is 2. The first-order valence-corrected chi connectivity index (χ1v) is 7.91. The van der Waals surface area contributed by atoms with Gasteiger partial charge >= 0.3 is 12.1 Å². The average Bonchev–Trinajstić information content (AvgIpc) is 2.54. The SMILES string of the molecule is O=C(O)C1CCC(C(=O)NCC(c2ccccc2)C(F)(F)F)CC1. The number of carboxylic acid groups (broad SMARTS) is 1. The summed E-state index contributed by atoms with van der Waals surface area (Å²) in [6.07, 6.45) is -2.89. The molecule has 0 aromatic heterocycles. The fourth-order valence-electron chi connectivity index (χ4n) is 3.06. The molecule has 0 saturated heterocycles. The average molecular weight is 343 g/mol. The highest BCUT2D eigenvalue weighted by Gasteiger charge is 2.41. The summed E-state index contributed by atoms with van der Waals surface area (Å²) in [7, 11) is 0. The molecule has 1 amide bonds. The van der Waals surface area contributed by atoms with Gasteiger partial charge in [-0.3, -0.25) is 9.59 Å². The molecular formula is C17H20F3NO3. The van der Waals surface area contributed by atoms with Crippen molar-refractivity contribution in [2.45, 2.75) is 37.8 Å². The Morgan fingerprint density at radius 3 is 2.12 bits per heavy atom. The van der Waals surface area contributed by atoms with Crippen molar-refractivity contribution in [3.63, 3.8) is 0 Å². The number of carbonyl (C=O) groups excluding carboxylic acids is 1. The molecule has 0 spiro atoms. The molecule has 0 radical (unpaired) electrons. The molecule has 1 aromatic carbocycles. The second-order valence-electron chi connectivity index (χ2n) is 6.14. The Labute approximate surface area is 138 Å². The number of benzene rings is 1. The predicted molar refractivity (Wildman–Crippen MR) is 81.3 cm³/mol. The third-order valence-electron chi connectivity index (χ3n) is 4.52. The van der Waals surface area contributed by atoms with Gasteiger partial charge < -0.3 is 10.4 Å². The summed E-state index contributed by atoms with van der Waals surface area (Å²) >= 11 is 0. The maximum Gasteiger partial charge on any atom is 0.397 e. The van der Waals surface area contributed by atoms with Crippen molar-refractivity contribution in [2.24, 2.45) is 11.8 Å². The van der Waals surface area contributed by atoms with E-state index in [0.29, 0.717) is 25.7 Å². The van der Waals surface area contributed by atoms with Crippen molar-refractivity contribution in [3.05, 3.63) is 35.9 Å². The summed E-state index contributed by atoms with van der Waals surface area (Å²) in [5, 5.41) is 11.3. The van der Waals surface area contributed by atoms with Crippen molar-refractivity contribution >= 4 is 11.9 Å². The first-order chi connectivity index (χ1) is 11.3. The smallest absolute Gasteiger partial charge is 0.397 e. The highest BCUT2D eigenvalue weighted by molar-refractivity contribution is 5.79. The third kappa shape index (κ3) is 4.72. The molecular weight excluding hydrogens is 323 g/mol. The van der Waals surface area contributed by atoms with E-state index < -0.39 is 42.4 Å². The molecule has 1 fully saturated rings. The van der Waals surface area contributed by atoms with E-state index in [1.54, 1.807) is 6.07 Å². The number of amides is 1. The molecule has 1 aliphatic rings. The summed E-state index contributed by atoms with van der Waals surface area (Å²) in [5.41, 5.74) is 0.111. The molecule has 0 heterocycles. The normalized spacial score (nSPS) is 22.6. The third-order valence-corrected chi connectivity index (χ3v) is 4.52. The standard InChI is InChI=1S/C17H20F3NO3/c18-17(19,20)14(11-4-2-1-3-5-11)10-21-15(22)12-6-8-13(9-7-12)16(23)24/h1-5,12-14H,6-10H2,(H,21,22)(H,23,24). The van der Waals surface area contributed by atoms with Crippen LogP contribution in [0.25, 0.3) is 0 Å². The lowest BCUT2D eigenvalue weighted by atomic mass is 9.81. The van der Waals surface area contributed by atoms with Gasteiger partial charge in [-0.2, -0.15) is 13.2 Å². The molecule has 1 unspecified atom stereocenters. The molecule has 7 heteroatoms. The van der Waals surface area contributed by atoms with Crippen LogP contribution in [0.3, 0.4) is 0 Å². The fourth-order valence-corrected chi connectivity index (χ4v) is 3.06. The van der Waals surface area contributed by atoms with E-state index in [0.717, 1.165) is 0 Å². The Hall–Kier alpha value is -2.05. The largest absolute Gasteiger partial charge is 0.481 e. The summed E-state index contributed by atoms with van der Waals surface area (Å²) in [6.45, 7) is -0.509. The van der Waals surface area contributed by atoms with E-state index in [4.69, 9.17) is 5.11 Å². The Balaban J connectivity index is 1.93. The minimum absolute atomic E-state index is 0.111. The second-order valence-corrected chi connectivity index (χ2v) is 6.14. The van der Waals surface area contributed by atoms with Gasteiger partial charge in [0.15, 0.2) is 0 Å². The first kappa shape index (κ1) is 18.3. The molecule has 132 valence electrons. The van der Waals surface area contributed by atoms with Crippen LogP contribution in [-0.2, 0) is 9.59 Å². The van der Waals surface area contributed by atoms with E-state index in [1.165, 1.54) is 24.3 Å². The van der Waals surface area contributed by atoms with Crippen LogP contribution in [0.2, 0.25) is 0 Å². The molecule has 2 N–H and O–H groups in total. The molecule has 0 aliphatic heterocycles. The van der Waals surface area contributed by atoms with Gasteiger partial charge in [0.05, 0.1) is 11.8 Å². The zero-order valence-electron chi connectivity index (χ0n) is 13.1. The summed E-state index contributed by atoms with van der Waals surface area (Å²) in [6, 6.07) is 7.48. The molecule has 2 rings (SSSR count). The van der Waals surface area contributed by atoms with Crippen molar-refractivity contribution < 1.29 is 27.9 Å². The Bertz CT molecular complexity index is 566. The van der Waals surface area contributed by atoms with Crippen molar-refractivity contribution in [2.75, 3.05) is 6.54 Å². The minimum atomic E-state index is -4.45. The zero-order chi connectivity index (χ0) is 17.7. The summed E-state index contributed by atoms with van der Waals surface area (Å²) < 4.78 is 39.7. The monoisotopic (exact) mass is 343 g/mol. The van der Waals surface area contributed by atoms with Crippen molar-refractivity contribution in [1.82, 2.24) is 5.32 Å². The maximum absolute atomic E-state index is 13.2. The number of carboxylic acids is 1. The number of alkyl halides is 3. The van der Waals surface area contributed by atoms with Gasteiger partial charge in [0, 0.05) is 12.5 Å². The van der Waals surface area contributed by atoms with Crippen LogP contribution in [-0.4, -0.2) is 29.7 Å². The predicted octanol–water partition coefficient (Wildman–Crippen LogP) is 3.34. The van der Waals surface area contributed by atoms with Gasteiger partial charge in [0.1, 0.15) is 0 Å². The molecule has 1 aliphatic carbocycles. The highest BCUT2D eigenvalue weighted by atomic mass is 19.4. The number of halogens is 3. The van der Waals surface area contributed by atoms with E-state index in [1.807, 2.05) is 0 Å². The Kier molecular flexibility index (Phi) is 5.85. The minimum Gasteiger partial charge on any atom is -0.481 e. The fraction of sp³-hybridized carbons (Fsp3) is 0.529. The molecule has 1 saturated carbocycles. The number of hydrogen-bond donors (Lipinski definition) is 2. The maximum atomic E-state index is 13.2. The summed E-state index contributed by atoms with van der Waals surface area (Å²) in [5.74, 6) is -3.93. The van der Waals surface area contributed by atoms with Gasteiger partial charge in [0.2, 0.25) is 5.91 Å². The van der Waals surface area contributed by atoms with E-state index in [2.05, 4.69) is 5.32 Å². The Morgan fingerprint density at radius 2 is 1.62 bits per heavy atom. The lowest BCUT2D eigenvalue weighted by Gasteiger charge is -2.27. The van der Waals surface area contributed by atoms with Crippen LogP contribution in [0.5, 0.6) is 0 Å².